The lowest BCUT2D eigenvalue weighted by Gasteiger charge is -2.09. The minimum Gasteiger partial charge on any atom is -0.495 e. The average molecular weight is 310 g/mol. The molecule has 1 aromatic heterocycles. The number of aromatic nitrogens is 2. The molecule has 1 heterocycles. The summed E-state index contributed by atoms with van der Waals surface area (Å²) in [4.78, 5) is 12.4. The van der Waals surface area contributed by atoms with Crippen molar-refractivity contribution in [2.24, 2.45) is 7.05 Å². The van der Waals surface area contributed by atoms with Gasteiger partial charge in [0, 0.05) is 18.3 Å². The van der Waals surface area contributed by atoms with E-state index in [2.05, 4.69) is 10.4 Å². The molecule has 0 atom stereocenters. The number of methoxy groups -OCH3 is 1. The first kappa shape index (κ1) is 16.3. The van der Waals surface area contributed by atoms with Crippen LogP contribution >= 0.6 is 0 Å². The Morgan fingerprint density at radius 1 is 1.39 bits per heavy atom. The number of benzene rings is 1. The summed E-state index contributed by atoms with van der Waals surface area (Å²) in [5.41, 5.74) is 2.96. The van der Waals surface area contributed by atoms with Gasteiger partial charge in [0.25, 0.3) is 5.91 Å². The molecular formula is C17H18N4O2. The molecule has 6 nitrogen and oxygen atoms in total. The van der Waals surface area contributed by atoms with E-state index in [-0.39, 0.29) is 5.57 Å². The van der Waals surface area contributed by atoms with E-state index in [4.69, 9.17) is 4.74 Å². The van der Waals surface area contributed by atoms with Gasteiger partial charge in [0.05, 0.1) is 18.5 Å². The zero-order valence-corrected chi connectivity index (χ0v) is 13.5. The third kappa shape index (κ3) is 3.40. The summed E-state index contributed by atoms with van der Waals surface area (Å²) < 4.78 is 6.91. The van der Waals surface area contributed by atoms with Gasteiger partial charge in [-0.3, -0.25) is 9.48 Å². The lowest BCUT2D eigenvalue weighted by molar-refractivity contribution is -0.112. The van der Waals surface area contributed by atoms with Crippen LogP contribution in [0.2, 0.25) is 0 Å². The first-order valence-corrected chi connectivity index (χ1v) is 7.04. The van der Waals surface area contributed by atoms with Crippen molar-refractivity contribution >= 4 is 17.7 Å². The highest BCUT2D eigenvalue weighted by molar-refractivity contribution is 6.10. The molecule has 0 aliphatic rings. The minimum absolute atomic E-state index is 0.00936. The van der Waals surface area contributed by atoms with Crippen molar-refractivity contribution in [3.8, 4) is 11.8 Å². The number of amides is 1. The molecule has 1 N–H and O–H groups in total. The number of anilines is 1. The maximum absolute atomic E-state index is 12.4. The Labute approximate surface area is 135 Å². The third-order valence-electron chi connectivity index (χ3n) is 3.57. The number of nitrogens with zero attached hydrogens (tertiary/aromatic N) is 3. The number of hydrogen-bond acceptors (Lipinski definition) is 4. The fourth-order valence-electron chi connectivity index (χ4n) is 2.23. The van der Waals surface area contributed by atoms with Crippen LogP contribution in [0.3, 0.4) is 0 Å². The van der Waals surface area contributed by atoms with Crippen LogP contribution in [0, 0.1) is 25.2 Å². The van der Waals surface area contributed by atoms with Crippen molar-refractivity contribution in [2.45, 2.75) is 13.8 Å². The predicted octanol–water partition coefficient (Wildman–Crippen LogP) is 2.59. The summed E-state index contributed by atoms with van der Waals surface area (Å²) in [5.74, 6) is 0.0477. The molecule has 0 unspecified atom stereocenters. The van der Waals surface area contributed by atoms with E-state index in [1.165, 1.54) is 7.11 Å². The maximum atomic E-state index is 12.4. The number of rotatable bonds is 4. The second kappa shape index (κ2) is 6.79. The van der Waals surface area contributed by atoms with E-state index in [1.807, 2.05) is 27.0 Å². The van der Waals surface area contributed by atoms with Crippen LogP contribution < -0.4 is 10.1 Å². The van der Waals surface area contributed by atoms with Crippen molar-refractivity contribution in [3.05, 3.63) is 46.8 Å². The summed E-state index contributed by atoms with van der Waals surface area (Å²) in [6.45, 7) is 3.73. The summed E-state index contributed by atoms with van der Waals surface area (Å²) >= 11 is 0. The molecule has 23 heavy (non-hydrogen) atoms. The molecule has 6 heteroatoms. The molecule has 0 saturated heterocycles. The molecule has 1 aromatic carbocycles. The summed E-state index contributed by atoms with van der Waals surface area (Å²) in [7, 11) is 3.34. The van der Waals surface area contributed by atoms with Crippen LogP contribution in [0.4, 0.5) is 5.69 Å². The Kier molecular flexibility index (Phi) is 4.82. The number of carbonyl (C=O) groups is 1. The fourth-order valence-corrected chi connectivity index (χ4v) is 2.23. The van der Waals surface area contributed by atoms with Gasteiger partial charge in [-0.15, -0.1) is 0 Å². The van der Waals surface area contributed by atoms with Crippen molar-refractivity contribution in [1.29, 1.82) is 5.26 Å². The van der Waals surface area contributed by atoms with Crippen molar-refractivity contribution in [3.63, 3.8) is 0 Å². The van der Waals surface area contributed by atoms with Crippen LogP contribution in [0.25, 0.3) is 6.08 Å². The predicted molar refractivity (Wildman–Crippen MR) is 87.9 cm³/mol. The lowest BCUT2D eigenvalue weighted by atomic mass is 10.1. The molecule has 0 aliphatic carbocycles. The van der Waals surface area contributed by atoms with E-state index in [9.17, 15) is 10.1 Å². The van der Waals surface area contributed by atoms with Gasteiger partial charge in [-0.25, -0.2) is 0 Å². The van der Waals surface area contributed by atoms with Gasteiger partial charge in [0.1, 0.15) is 17.4 Å². The molecule has 0 aliphatic heterocycles. The van der Waals surface area contributed by atoms with Crippen molar-refractivity contribution < 1.29 is 9.53 Å². The van der Waals surface area contributed by atoms with Gasteiger partial charge in [-0.05, 0) is 32.1 Å². The Bertz CT molecular complexity index is 812. The van der Waals surface area contributed by atoms with Gasteiger partial charge >= 0.3 is 0 Å². The Balaban J connectivity index is 2.32. The minimum atomic E-state index is -0.486. The molecular weight excluding hydrogens is 292 g/mol. The van der Waals surface area contributed by atoms with Crippen LogP contribution in [0.15, 0.2) is 29.8 Å². The number of ether oxygens (including phenoxy) is 1. The first-order chi connectivity index (χ1) is 11.0. The van der Waals surface area contributed by atoms with E-state index < -0.39 is 5.91 Å². The van der Waals surface area contributed by atoms with Gasteiger partial charge < -0.3 is 10.1 Å². The molecule has 0 bridgehead atoms. The SMILES string of the molecule is COc1ccccc1NC(=O)/C(C#N)=C/c1c(C)nn(C)c1C. The quantitative estimate of drug-likeness (QED) is 0.695. The number of aryl methyl sites for hydroxylation is 2. The molecule has 1 amide bonds. The van der Waals surface area contributed by atoms with E-state index in [1.54, 1.807) is 35.0 Å². The molecule has 2 rings (SSSR count). The van der Waals surface area contributed by atoms with Gasteiger partial charge in [0.15, 0.2) is 0 Å². The Morgan fingerprint density at radius 2 is 2.09 bits per heavy atom. The molecule has 2 aromatic rings. The Hall–Kier alpha value is -3.07. The summed E-state index contributed by atoms with van der Waals surface area (Å²) in [6, 6.07) is 8.98. The zero-order valence-electron chi connectivity index (χ0n) is 13.5. The van der Waals surface area contributed by atoms with E-state index in [0.717, 1.165) is 17.0 Å². The molecule has 118 valence electrons. The second-order valence-electron chi connectivity index (χ2n) is 5.03. The highest BCUT2D eigenvalue weighted by atomic mass is 16.5. The van der Waals surface area contributed by atoms with Crippen LogP contribution in [0.1, 0.15) is 17.0 Å². The standard InChI is InChI=1S/C17H18N4O2/c1-11-14(12(2)21(3)20-11)9-13(10-18)17(22)19-15-7-5-6-8-16(15)23-4/h5-9H,1-4H3,(H,19,22)/b13-9+. The van der Waals surface area contributed by atoms with Crippen molar-refractivity contribution in [1.82, 2.24) is 9.78 Å². The highest BCUT2D eigenvalue weighted by Gasteiger charge is 2.15. The largest absolute Gasteiger partial charge is 0.495 e. The zero-order chi connectivity index (χ0) is 17.0. The highest BCUT2D eigenvalue weighted by Crippen LogP contribution is 2.24. The molecule has 0 saturated carbocycles. The monoisotopic (exact) mass is 310 g/mol. The second-order valence-corrected chi connectivity index (χ2v) is 5.03. The van der Waals surface area contributed by atoms with E-state index >= 15 is 0 Å². The number of nitriles is 1. The van der Waals surface area contributed by atoms with E-state index in [0.29, 0.717) is 11.4 Å². The van der Waals surface area contributed by atoms with Crippen LogP contribution in [-0.2, 0) is 11.8 Å². The third-order valence-corrected chi connectivity index (χ3v) is 3.57. The van der Waals surface area contributed by atoms with Crippen LogP contribution in [0.5, 0.6) is 5.75 Å². The number of nitrogens with one attached hydrogen (secondary N) is 1. The van der Waals surface area contributed by atoms with Crippen molar-refractivity contribution in [2.75, 3.05) is 12.4 Å². The van der Waals surface area contributed by atoms with Gasteiger partial charge in [-0.1, -0.05) is 12.1 Å². The first-order valence-electron chi connectivity index (χ1n) is 7.04. The smallest absolute Gasteiger partial charge is 0.266 e. The molecule has 0 radical (unpaired) electrons. The number of para-hydroxylation sites is 2. The summed E-state index contributed by atoms with van der Waals surface area (Å²) in [6.07, 6.45) is 1.56. The fraction of sp³-hybridized carbons (Fsp3) is 0.235. The number of hydrogen-bond donors (Lipinski definition) is 1. The van der Waals surface area contributed by atoms with Crippen LogP contribution in [-0.4, -0.2) is 22.8 Å². The topological polar surface area (TPSA) is 79.9 Å². The lowest BCUT2D eigenvalue weighted by Crippen LogP contribution is -2.14. The number of carbonyl (C=O) groups excluding carboxylic acids is 1. The van der Waals surface area contributed by atoms with Gasteiger partial charge in [0.2, 0.25) is 0 Å². The average Bonchev–Trinajstić information content (AvgIpc) is 2.78. The van der Waals surface area contributed by atoms with Gasteiger partial charge in [-0.2, -0.15) is 10.4 Å². The maximum Gasteiger partial charge on any atom is 0.266 e. The molecule has 0 spiro atoms. The normalized spacial score (nSPS) is 11.0. The Morgan fingerprint density at radius 3 is 2.65 bits per heavy atom. The molecule has 0 fully saturated rings. The summed E-state index contributed by atoms with van der Waals surface area (Å²) in [5, 5.41) is 16.3.